The zero-order chi connectivity index (χ0) is 14.9. The Labute approximate surface area is 127 Å². The van der Waals surface area contributed by atoms with Gasteiger partial charge in [-0.2, -0.15) is 0 Å². The third-order valence-corrected chi connectivity index (χ3v) is 3.96. The Morgan fingerprint density at radius 2 is 2.19 bits per heavy atom. The molecule has 1 heterocycles. The van der Waals surface area contributed by atoms with Crippen molar-refractivity contribution in [3.8, 4) is 0 Å². The number of nitrogens with one attached hydrogen (secondary N) is 1. The highest BCUT2D eigenvalue weighted by molar-refractivity contribution is 5.67. The molecule has 1 aromatic rings. The van der Waals surface area contributed by atoms with Crippen molar-refractivity contribution in [2.75, 3.05) is 26.2 Å². The maximum atomic E-state index is 12.1. The molecule has 1 N–H and O–H groups in total. The van der Waals surface area contributed by atoms with Gasteiger partial charge in [0.15, 0.2) is 0 Å². The number of carbonyl (C=O) groups excluding carboxylic acids is 1. The molecule has 4 nitrogen and oxygen atoms in total. The van der Waals surface area contributed by atoms with E-state index in [1.807, 2.05) is 35.2 Å². The summed E-state index contributed by atoms with van der Waals surface area (Å²) >= 11 is 0. The molecule has 21 heavy (non-hydrogen) atoms. The molecule has 4 heteroatoms. The number of ether oxygens (including phenoxy) is 1. The van der Waals surface area contributed by atoms with Gasteiger partial charge in [0.2, 0.25) is 0 Å². The van der Waals surface area contributed by atoms with Gasteiger partial charge in [-0.15, -0.1) is 0 Å². The Balaban J connectivity index is 1.74. The number of benzene rings is 1. The maximum Gasteiger partial charge on any atom is 0.410 e. The average molecular weight is 290 g/mol. The van der Waals surface area contributed by atoms with Gasteiger partial charge >= 0.3 is 6.09 Å². The van der Waals surface area contributed by atoms with Crippen LogP contribution in [0.4, 0.5) is 4.79 Å². The number of likely N-dealkylation sites (tertiary alicyclic amines) is 1. The fraction of sp³-hybridized carbons (Fsp3) is 0.588. The van der Waals surface area contributed by atoms with Gasteiger partial charge in [-0.25, -0.2) is 4.79 Å². The third kappa shape index (κ3) is 5.38. The molecule has 0 saturated carbocycles. The molecule has 1 aliphatic rings. The Morgan fingerprint density at radius 3 is 2.95 bits per heavy atom. The largest absolute Gasteiger partial charge is 0.445 e. The van der Waals surface area contributed by atoms with Gasteiger partial charge in [0, 0.05) is 13.1 Å². The molecule has 1 fully saturated rings. The molecule has 116 valence electrons. The summed E-state index contributed by atoms with van der Waals surface area (Å²) < 4.78 is 5.41. The van der Waals surface area contributed by atoms with Crippen molar-refractivity contribution >= 4 is 6.09 Å². The summed E-state index contributed by atoms with van der Waals surface area (Å²) in [5.41, 5.74) is 1.03. The van der Waals surface area contributed by atoms with Crippen LogP contribution in [-0.4, -0.2) is 37.2 Å². The zero-order valence-corrected chi connectivity index (χ0v) is 12.9. The second-order valence-electron chi connectivity index (χ2n) is 5.64. The Morgan fingerprint density at radius 1 is 1.38 bits per heavy atom. The van der Waals surface area contributed by atoms with E-state index in [1.54, 1.807) is 0 Å². The molecular formula is C17H26N2O2. The quantitative estimate of drug-likeness (QED) is 0.819. The first-order chi connectivity index (χ1) is 10.3. The number of nitrogens with zero attached hydrogens (tertiary/aromatic N) is 1. The molecule has 0 aliphatic carbocycles. The molecule has 1 aliphatic heterocycles. The SMILES string of the molecule is CCNCC[C@H]1CCCN(C(=O)OCc2ccccc2)C1. The number of amides is 1. The number of rotatable bonds is 6. The van der Waals surface area contributed by atoms with Crippen LogP contribution in [0, 0.1) is 5.92 Å². The molecule has 1 atom stereocenters. The van der Waals surface area contributed by atoms with E-state index in [-0.39, 0.29) is 6.09 Å². The van der Waals surface area contributed by atoms with Crippen LogP contribution in [0.1, 0.15) is 31.7 Å². The van der Waals surface area contributed by atoms with Crippen molar-refractivity contribution in [3.05, 3.63) is 35.9 Å². The van der Waals surface area contributed by atoms with Crippen LogP contribution >= 0.6 is 0 Å². The van der Waals surface area contributed by atoms with Crippen molar-refractivity contribution in [1.29, 1.82) is 0 Å². The number of carbonyl (C=O) groups is 1. The van der Waals surface area contributed by atoms with Crippen molar-refractivity contribution in [2.45, 2.75) is 32.8 Å². The van der Waals surface area contributed by atoms with Gasteiger partial charge in [0.1, 0.15) is 6.61 Å². The fourth-order valence-corrected chi connectivity index (χ4v) is 2.76. The summed E-state index contributed by atoms with van der Waals surface area (Å²) in [7, 11) is 0. The van der Waals surface area contributed by atoms with Crippen molar-refractivity contribution < 1.29 is 9.53 Å². The van der Waals surface area contributed by atoms with E-state index in [9.17, 15) is 4.79 Å². The lowest BCUT2D eigenvalue weighted by Gasteiger charge is -2.32. The first-order valence-electron chi connectivity index (χ1n) is 7.96. The fourth-order valence-electron chi connectivity index (χ4n) is 2.76. The summed E-state index contributed by atoms with van der Waals surface area (Å²) in [6, 6.07) is 9.83. The lowest BCUT2D eigenvalue weighted by Crippen LogP contribution is -2.40. The Hall–Kier alpha value is -1.55. The van der Waals surface area contributed by atoms with Gasteiger partial charge in [0.05, 0.1) is 0 Å². The monoisotopic (exact) mass is 290 g/mol. The molecule has 0 spiro atoms. The normalized spacial score (nSPS) is 18.5. The molecular weight excluding hydrogens is 264 g/mol. The predicted octanol–water partition coefficient (Wildman–Crippen LogP) is 3.03. The van der Waals surface area contributed by atoms with Gasteiger partial charge in [-0.1, -0.05) is 37.3 Å². The van der Waals surface area contributed by atoms with Gasteiger partial charge in [-0.3, -0.25) is 0 Å². The van der Waals surface area contributed by atoms with E-state index < -0.39 is 0 Å². The van der Waals surface area contributed by atoms with Crippen LogP contribution in [-0.2, 0) is 11.3 Å². The second-order valence-corrected chi connectivity index (χ2v) is 5.64. The molecule has 0 bridgehead atoms. The first-order valence-corrected chi connectivity index (χ1v) is 7.96. The molecule has 0 radical (unpaired) electrons. The van der Waals surface area contributed by atoms with Crippen LogP contribution in [0.25, 0.3) is 0 Å². The number of hydrogen-bond acceptors (Lipinski definition) is 3. The molecule has 1 amide bonds. The molecule has 0 aromatic heterocycles. The smallest absolute Gasteiger partial charge is 0.410 e. The summed E-state index contributed by atoms with van der Waals surface area (Å²) in [4.78, 5) is 14.0. The lowest BCUT2D eigenvalue weighted by atomic mass is 9.95. The van der Waals surface area contributed by atoms with E-state index in [0.717, 1.165) is 44.6 Å². The average Bonchev–Trinajstić information content (AvgIpc) is 2.54. The Bertz CT molecular complexity index is 422. The van der Waals surface area contributed by atoms with Crippen molar-refractivity contribution in [1.82, 2.24) is 10.2 Å². The van der Waals surface area contributed by atoms with Crippen LogP contribution in [0.5, 0.6) is 0 Å². The topological polar surface area (TPSA) is 41.6 Å². The summed E-state index contributed by atoms with van der Waals surface area (Å²) in [5, 5.41) is 3.35. The molecule has 0 unspecified atom stereocenters. The lowest BCUT2D eigenvalue weighted by molar-refractivity contribution is 0.0780. The minimum absolute atomic E-state index is 0.174. The molecule has 1 saturated heterocycles. The highest BCUT2D eigenvalue weighted by Crippen LogP contribution is 2.20. The summed E-state index contributed by atoms with van der Waals surface area (Å²) in [6.45, 7) is 6.18. The maximum absolute atomic E-state index is 12.1. The van der Waals surface area contributed by atoms with Crippen LogP contribution in [0.15, 0.2) is 30.3 Å². The van der Waals surface area contributed by atoms with Crippen LogP contribution in [0.2, 0.25) is 0 Å². The van der Waals surface area contributed by atoms with Gasteiger partial charge in [0.25, 0.3) is 0 Å². The van der Waals surface area contributed by atoms with Crippen molar-refractivity contribution in [2.24, 2.45) is 5.92 Å². The third-order valence-electron chi connectivity index (χ3n) is 3.96. The molecule has 1 aromatic carbocycles. The highest BCUT2D eigenvalue weighted by atomic mass is 16.6. The highest BCUT2D eigenvalue weighted by Gasteiger charge is 2.24. The minimum atomic E-state index is -0.174. The Kier molecular flexibility index (Phi) is 6.54. The second kappa shape index (κ2) is 8.67. The standard InChI is InChI=1S/C17H26N2O2/c1-2-18-11-10-15-9-6-12-19(13-15)17(20)21-14-16-7-4-3-5-8-16/h3-5,7-8,15,18H,2,6,9-14H2,1H3/t15-/m1/s1. The first kappa shape index (κ1) is 15.8. The van der Waals surface area contributed by atoms with Gasteiger partial charge in [-0.05, 0) is 43.8 Å². The summed E-state index contributed by atoms with van der Waals surface area (Å²) in [6.07, 6.45) is 3.26. The predicted molar refractivity (Wildman–Crippen MR) is 84.1 cm³/mol. The van der Waals surface area contributed by atoms with E-state index >= 15 is 0 Å². The van der Waals surface area contributed by atoms with Crippen LogP contribution in [0.3, 0.4) is 0 Å². The number of piperidine rings is 1. The van der Waals surface area contributed by atoms with Crippen LogP contribution < -0.4 is 5.32 Å². The van der Waals surface area contributed by atoms with E-state index in [4.69, 9.17) is 4.74 Å². The number of hydrogen-bond donors (Lipinski definition) is 1. The van der Waals surface area contributed by atoms with Crippen molar-refractivity contribution in [3.63, 3.8) is 0 Å². The minimum Gasteiger partial charge on any atom is -0.445 e. The molecule has 2 rings (SSSR count). The zero-order valence-electron chi connectivity index (χ0n) is 12.9. The van der Waals surface area contributed by atoms with Gasteiger partial charge < -0.3 is 15.0 Å². The van der Waals surface area contributed by atoms with E-state index in [2.05, 4.69) is 12.2 Å². The van der Waals surface area contributed by atoms with E-state index in [1.165, 1.54) is 6.42 Å². The summed E-state index contributed by atoms with van der Waals surface area (Å²) in [5.74, 6) is 0.599. The van der Waals surface area contributed by atoms with E-state index in [0.29, 0.717) is 12.5 Å².